The average molecular weight is 419 g/mol. The van der Waals surface area contributed by atoms with E-state index < -0.39 is 0 Å². The molecule has 0 bridgehead atoms. The molecule has 146 valence electrons. The standard InChI is InChI=1S/C20H20Cl2N4O2/c21-16-3-1-4-17(20(16)22)28-14-2-5-19(27)24-18-9-13-26(25-18)12-8-15-6-10-23-11-7-15/h1,3-4,6-7,9-11,13H,2,5,8,12,14H2,(H,24,25,27). The van der Waals surface area contributed by atoms with Crippen LogP contribution in [0, 0.1) is 0 Å². The minimum absolute atomic E-state index is 0.111. The number of amides is 1. The van der Waals surface area contributed by atoms with E-state index in [4.69, 9.17) is 27.9 Å². The molecule has 2 aromatic heterocycles. The fourth-order valence-electron chi connectivity index (χ4n) is 2.56. The first kappa shape index (κ1) is 20.2. The van der Waals surface area contributed by atoms with Crippen LogP contribution in [0.15, 0.2) is 55.0 Å². The van der Waals surface area contributed by atoms with Crippen molar-refractivity contribution in [3.05, 3.63) is 70.6 Å². The molecule has 0 aliphatic carbocycles. The molecule has 1 N–H and O–H groups in total. The Bertz CT molecular complexity index is 916. The summed E-state index contributed by atoms with van der Waals surface area (Å²) < 4.78 is 7.38. The summed E-state index contributed by atoms with van der Waals surface area (Å²) in [5.74, 6) is 0.946. The molecule has 0 unspecified atom stereocenters. The van der Waals surface area contributed by atoms with Gasteiger partial charge in [-0.3, -0.25) is 14.5 Å². The molecule has 0 saturated carbocycles. The maximum absolute atomic E-state index is 12.1. The molecule has 1 aromatic carbocycles. The normalized spacial score (nSPS) is 10.6. The maximum atomic E-state index is 12.1. The van der Waals surface area contributed by atoms with Gasteiger partial charge in [0.05, 0.1) is 11.6 Å². The Kier molecular flexibility index (Phi) is 7.28. The van der Waals surface area contributed by atoms with Crippen LogP contribution in [0.5, 0.6) is 5.75 Å². The quantitative estimate of drug-likeness (QED) is 0.514. The number of rotatable bonds is 9. The molecule has 8 heteroatoms. The molecule has 3 rings (SSSR count). The van der Waals surface area contributed by atoms with E-state index in [1.807, 2.05) is 18.3 Å². The first-order valence-corrected chi connectivity index (χ1v) is 9.66. The summed E-state index contributed by atoms with van der Waals surface area (Å²) in [6, 6.07) is 10.9. The Morgan fingerprint density at radius 1 is 1.14 bits per heavy atom. The Labute approximate surface area is 173 Å². The molecule has 0 saturated heterocycles. The number of anilines is 1. The van der Waals surface area contributed by atoms with Crippen molar-refractivity contribution in [2.45, 2.75) is 25.8 Å². The number of ether oxygens (including phenoxy) is 1. The third-order valence-corrected chi connectivity index (χ3v) is 4.81. The average Bonchev–Trinajstić information content (AvgIpc) is 3.15. The van der Waals surface area contributed by atoms with Gasteiger partial charge in [0.1, 0.15) is 10.8 Å². The minimum atomic E-state index is -0.111. The highest BCUT2D eigenvalue weighted by Crippen LogP contribution is 2.31. The lowest BCUT2D eigenvalue weighted by Gasteiger charge is -2.08. The van der Waals surface area contributed by atoms with Gasteiger partial charge in [0.15, 0.2) is 5.82 Å². The van der Waals surface area contributed by atoms with Gasteiger partial charge in [-0.25, -0.2) is 0 Å². The summed E-state index contributed by atoms with van der Waals surface area (Å²) >= 11 is 12.0. The van der Waals surface area contributed by atoms with Crippen LogP contribution in [0.3, 0.4) is 0 Å². The summed E-state index contributed by atoms with van der Waals surface area (Å²) in [5.41, 5.74) is 1.19. The molecule has 0 radical (unpaired) electrons. The third kappa shape index (κ3) is 5.97. The van der Waals surface area contributed by atoms with E-state index in [0.29, 0.717) is 41.1 Å². The van der Waals surface area contributed by atoms with Gasteiger partial charge in [0, 0.05) is 37.6 Å². The van der Waals surface area contributed by atoms with Gasteiger partial charge >= 0.3 is 0 Å². The van der Waals surface area contributed by atoms with E-state index in [0.717, 1.165) is 13.0 Å². The van der Waals surface area contributed by atoms with Crippen LogP contribution in [0.1, 0.15) is 18.4 Å². The van der Waals surface area contributed by atoms with E-state index in [2.05, 4.69) is 15.4 Å². The monoisotopic (exact) mass is 418 g/mol. The summed E-state index contributed by atoms with van der Waals surface area (Å²) in [6.45, 7) is 1.10. The lowest BCUT2D eigenvalue weighted by Crippen LogP contribution is -2.13. The zero-order valence-electron chi connectivity index (χ0n) is 15.1. The number of pyridine rings is 1. The van der Waals surface area contributed by atoms with Crippen LogP contribution in [0.25, 0.3) is 0 Å². The number of carbonyl (C=O) groups is 1. The number of aromatic nitrogens is 3. The van der Waals surface area contributed by atoms with Crippen LogP contribution >= 0.6 is 23.2 Å². The molecule has 1 amide bonds. The minimum Gasteiger partial charge on any atom is -0.492 e. The first-order valence-electron chi connectivity index (χ1n) is 8.91. The number of nitrogens with zero attached hydrogens (tertiary/aromatic N) is 3. The predicted molar refractivity (Wildman–Crippen MR) is 110 cm³/mol. The van der Waals surface area contributed by atoms with E-state index >= 15 is 0 Å². The van der Waals surface area contributed by atoms with Gasteiger partial charge in [0.25, 0.3) is 0 Å². The van der Waals surface area contributed by atoms with Crippen LogP contribution in [0.4, 0.5) is 5.82 Å². The molecule has 0 aliphatic rings. The molecular formula is C20H20Cl2N4O2. The number of hydrogen-bond acceptors (Lipinski definition) is 4. The fourth-order valence-corrected chi connectivity index (χ4v) is 2.91. The Hall–Kier alpha value is -2.57. The molecule has 0 atom stereocenters. The predicted octanol–water partition coefficient (Wildman–Crippen LogP) is 4.63. The van der Waals surface area contributed by atoms with Crippen LogP contribution in [0.2, 0.25) is 10.0 Å². The smallest absolute Gasteiger partial charge is 0.225 e. The molecule has 0 fully saturated rings. The van der Waals surface area contributed by atoms with E-state index in [1.54, 1.807) is 41.3 Å². The highest BCUT2D eigenvalue weighted by Gasteiger charge is 2.08. The van der Waals surface area contributed by atoms with Crippen molar-refractivity contribution in [2.24, 2.45) is 0 Å². The summed E-state index contributed by atoms with van der Waals surface area (Å²) in [5, 5.41) is 7.99. The number of carbonyl (C=O) groups excluding carboxylic acids is 1. The van der Waals surface area contributed by atoms with Gasteiger partial charge in [-0.1, -0.05) is 29.3 Å². The largest absolute Gasteiger partial charge is 0.492 e. The topological polar surface area (TPSA) is 69.0 Å². The van der Waals surface area contributed by atoms with Gasteiger partial charge in [-0.05, 0) is 42.7 Å². The fraction of sp³-hybridized carbons (Fsp3) is 0.250. The molecule has 6 nitrogen and oxygen atoms in total. The Morgan fingerprint density at radius 2 is 1.96 bits per heavy atom. The maximum Gasteiger partial charge on any atom is 0.225 e. The van der Waals surface area contributed by atoms with Crippen LogP contribution < -0.4 is 10.1 Å². The van der Waals surface area contributed by atoms with E-state index in [1.165, 1.54) is 5.56 Å². The zero-order valence-corrected chi connectivity index (χ0v) is 16.7. The molecule has 0 aliphatic heterocycles. The van der Waals surface area contributed by atoms with Gasteiger partial charge in [0.2, 0.25) is 5.91 Å². The van der Waals surface area contributed by atoms with Crippen molar-refractivity contribution < 1.29 is 9.53 Å². The highest BCUT2D eigenvalue weighted by molar-refractivity contribution is 6.42. The number of halogens is 2. The first-order chi connectivity index (χ1) is 13.6. The second kappa shape index (κ2) is 10.1. The number of benzene rings is 1. The lowest BCUT2D eigenvalue weighted by atomic mass is 10.2. The number of nitrogens with one attached hydrogen (secondary N) is 1. The van der Waals surface area contributed by atoms with Crippen LogP contribution in [-0.4, -0.2) is 27.3 Å². The number of aryl methyl sites for hydroxylation is 2. The van der Waals surface area contributed by atoms with Crippen molar-refractivity contribution in [2.75, 3.05) is 11.9 Å². The second-order valence-electron chi connectivity index (χ2n) is 6.12. The summed E-state index contributed by atoms with van der Waals surface area (Å²) in [6.07, 6.45) is 7.11. The molecule has 0 spiro atoms. The third-order valence-electron chi connectivity index (χ3n) is 4.01. The van der Waals surface area contributed by atoms with E-state index in [9.17, 15) is 4.79 Å². The Balaban J connectivity index is 1.38. The van der Waals surface area contributed by atoms with Crippen LogP contribution in [-0.2, 0) is 17.8 Å². The van der Waals surface area contributed by atoms with Crippen molar-refractivity contribution >= 4 is 34.9 Å². The van der Waals surface area contributed by atoms with Gasteiger partial charge in [-0.2, -0.15) is 5.10 Å². The zero-order chi connectivity index (χ0) is 19.8. The van der Waals surface area contributed by atoms with Crippen molar-refractivity contribution in [1.82, 2.24) is 14.8 Å². The highest BCUT2D eigenvalue weighted by atomic mass is 35.5. The van der Waals surface area contributed by atoms with Crippen molar-refractivity contribution in [3.8, 4) is 5.75 Å². The molecule has 2 heterocycles. The SMILES string of the molecule is O=C(CCCOc1cccc(Cl)c1Cl)Nc1ccn(CCc2ccncc2)n1. The summed E-state index contributed by atoms with van der Waals surface area (Å²) in [7, 11) is 0. The van der Waals surface area contributed by atoms with Gasteiger partial charge < -0.3 is 10.1 Å². The molecule has 28 heavy (non-hydrogen) atoms. The summed E-state index contributed by atoms with van der Waals surface area (Å²) in [4.78, 5) is 16.1. The van der Waals surface area contributed by atoms with Gasteiger partial charge in [-0.15, -0.1) is 0 Å². The van der Waals surface area contributed by atoms with Crippen molar-refractivity contribution in [1.29, 1.82) is 0 Å². The molecule has 3 aromatic rings. The number of hydrogen-bond donors (Lipinski definition) is 1. The lowest BCUT2D eigenvalue weighted by molar-refractivity contribution is -0.116. The molecular weight excluding hydrogens is 399 g/mol. The van der Waals surface area contributed by atoms with Crippen molar-refractivity contribution in [3.63, 3.8) is 0 Å². The van der Waals surface area contributed by atoms with E-state index in [-0.39, 0.29) is 5.91 Å². The second-order valence-corrected chi connectivity index (χ2v) is 6.91. The Morgan fingerprint density at radius 3 is 2.79 bits per heavy atom.